The third-order valence-corrected chi connectivity index (χ3v) is 5.33. The topological polar surface area (TPSA) is 83.5 Å². The number of likely N-dealkylation sites (tertiary alicyclic amines) is 1. The molecule has 2 N–H and O–H groups in total. The fourth-order valence-corrected chi connectivity index (χ4v) is 3.99. The highest BCUT2D eigenvalue weighted by Crippen LogP contribution is 2.20. The Labute approximate surface area is 165 Å². The first-order chi connectivity index (χ1) is 13.5. The number of aromatic nitrogens is 5. The summed E-state index contributed by atoms with van der Waals surface area (Å²) in [6.45, 7) is 7.56. The molecule has 1 aliphatic heterocycles. The second-order valence-electron chi connectivity index (χ2n) is 7.99. The van der Waals surface area contributed by atoms with Crippen molar-refractivity contribution >= 4 is 11.5 Å². The molecule has 0 unspecified atom stereocenters. The van der Waals surface area contributed by atoms with Crippen molar-refractivity contribution in [3.05, 3.63) is 30.2 Å². The maximum atomic E-state index is 10.5. The second-order valence-corrected chi connectivity index (χ2v) is 7.99. The molecule has 1 aliphatic rings. The number of anilines is 1. The van der Waals surface area contributed by atoms with Crippen molar-refractivity contribution in [3.8, 4) is 11.5 Å². The van der Waals surface area contributed by atoms with Gasteiger partial charge in [0.2, 0.25) is 0 Å². The zero-order valence-electron chi connectivity index (χ0n) is 16.8. The highest BCUT2D eigenvalue weighted by molar-refractivity contribution is 5.61. The summed E-state index contributed by atoms with van der Waals surface area (Å²) in [5.74, 6) is 2.34. The number of fused-ring (bicyclic) bond motifs is 1. The number of hydrogen-bond donors (Lipinski definition) is 2. The highest BCUT2D eigenvalue weighted by atomic mass is 16.3. The van der Waals surface area contributed by atoms with Gasteiger partial charge in [0.25, 0.3) is 0 Å². The lowest BCUT2D eigenvalue weighted by Crippen LogP contribution is -2.41. The van der Waals surface area contributed by atoms with Crippen LogP contribution < -0.4 is 5.32 Å². The van der Waals surface area contributed by atoms with E-state index in [2.05, 4.69) is 32.2 Å². The lowest BCUT2D eigenvalue weighted by molar-refractivity contribution is 0.0947. The van der Waals surface area contributed by atoms with Crippen LogP contribution in [-0.4, -0.2) is 66.4 Å². The van der Waals surface area contributed by atoms with Crippen LogP contribution in [0.15, 0.2) is 24.5 Å². The number of aliphatic hydroxyl groups excluding tert-OH is 1. The Morgan fingerprint density at radius 2 is 2.21 bits per heavy atom. The predicted octanol–water partition coefficient (Wildman–Crippen LogP) is 1.94. The zero-order chi connectivity index (χ0) is 19.7. The van der Waals surface area contributed by atoms with Crippen LogP contribution >= 0.6 is 0 Å². The van der Waals surface area contributed by atoms with Gasteiger partial charge in [0, 0.05) is 56.9 Å². The quantitative estimate of drug-likeness (QED) is 0.677. The van der Waals surface area contributed by atoms with E-state index in [-0.39, 0.29) is 0 Å². The maximum absolute atomic E-state index is 10.5. The first kappa shape index (κ1) is 18.9. The third kappa shape index (κ3) is 4.02. The van der Waals surface area contributed by atoms with Gasteiger partial charge in [-0.05, 0) is 32.2 Å². The highest BCUT2D eigenvalue weighted by Gasteiger charge is 2.19. The summed E-state index contributed by atoms with van der Waals surface area (Å²) in [4.78, 5) is 11.3. The number of rotatable bonds is 6. The number of β-amino-alcohol motifs (C(OH)–C–C–N with tert-alkyl or cyclic N) is 1. The summed E-state index contributed by atoms with van der Waals surface area (Å²) in [5.41, 5.74) is 2.44. The van der Waals surface area contributed by atoms with Gasteiger partial charge in [0.1, 0.15) is 11.5 Å². The van der Waals surface area contributed by atoms with Gasteiger partial charge in [-0.25, -0.2) is 9.97 Å². The molecule has 2 atom stereocenters. The van der Waals surface area contributed by atoms with E-state index in [0.717, 1.165) is 41.8 Å². The van der Waals surface area contributed by atoms with Crippen LogP contribution in [0.25, 0.3) is 17.2 Å². The van der Waals surface area contributed by atoms with E-state index >= 15 is 0 Å². The average molecular weight is 384 g/mol. The molecule has 150 valence electrons. The van der Waals surface area contributed by atoms with E-state index in [4.69, 9.17) is 0 Å². The lowest BCUT2D eigenvalue weighted by Gasteiger charge is -2.32. The van der Waals surface area contributed by atoms with Crippen molar-refractivity contribution < 1.29 is 5.11 Å². The summed E-state index contributed by atoms with van der Waals surface area (Å²) in [7, 11) is 1.95. The van der Waals surface area contributed by atoms with Crippen molar-refractivity contribution in [1.82, 2.24) is 29.0 Å². The number of aliphatic hydroxyl groups is 1. The third-order valence-electron chi connectivity index (χ3n) is 5.33. The number of nitrogens with one attached hydrogen (secondary N) is 1. The predicted molar refractivity (Wildman–Crippen MR) is 109 cm³/mol. The molecule has 0 spiro atoms. The molecule has 8 heteroatoms. The Morgan fingerprint density at radius 1 is 1.36 bits per heavy atom. The first-order valence-corrected chi connectivity index (χ1v) is 9.99. The molecule has 0 aliphatic carbocycles. The molecular weight excluding hydrogens is 354 g/mol. The minimum absolute atomic E-state index is 0.432. The van der Waals surface area contributed by atoms with Crippen LogP contribution in [-0.2, 0) is 7.05 Å². The van der Waals surface area contributed by atoms with Gasteiger partial charge in [0.05, 0.1) is 6.10 Å². The summed E-state index contributed by atoms with van der Waals surface area (Å²) in [6.07, 6.45) is 5.73. The fourth-order valence-electron chi connectivity index (χ4n) is 3.99. The molecule has 0 bridgehead atoms. The maximum Gasteiger partial charge on any atom is 0.160 e. The molecule has 1 saturated heterocycles. The number of piperidine rings is 1. The minimum Gasteiger partial charge on any atom is -0.390 e. The molecular formula is C20H29N7O. The molecule has 0 aromatic carbocycles. The van der Waals surface area contributed by atoms with Gasteiger partial charge in [-0.1, -0.05) is 6.92 Å². The standard InChI is InChI=1S/C20H29N7O/c1-14-5-4-7-26(12-14)13-16(28)11-22-18-9-15(2)23-19-10-17(24-27(18)19)20-21-6-8-25(20)3/h6,8-10,14,16,22,28H,4-5,7,11-13H2,1-3H3/t14-,16+/m0/s1. The summed E-state index contributed by atoms with van der Waals surface area (Å²) >= 11 is 0. The SMILES string of the molecule is Cc1cc(NC[C@@H](O)CN2CCC[C@H](C)C2)n2nc(-c3nccn3C)cc2n1. The van der Waals surface area contributed by atoms with Crippen LogP contribution in [0.5, 0.6) is 0 Å². The van der Waals surface area contributed by atoms with Crippen LogP contribution in [0, 0.1) is 12.8 Å². The molecule has 0 radical (unpaired) electrons. The van der Waals surface area contributed by atoms with Crippen molar-refractivity contribution in [2.45, 2.75) is 32.8 Å². The van der Waals surface area contributed by atoms with Gasteiger partial charge in [-0.2, -0.15) is 9.61 Å². The van der Waals surface area contributed by atoms with Crippen molar-refractivity contribution in [2.24, 2.45) is 13.0 Å². The molecule has 4 heterocycles. The van der Waals surface area contributed by atoms with Crippen LogP contribution in [0.3, 0.4) is 0 Å². The molecule has 0 saturated carbocycles. The Hall–Kier alpha value is -2.45. The van der Waals surface area contributed by atoms with Gasteiger partial charge < -0.3 is 19.9 Å². The Bertz CT molecular complexity index is 947. The van der Waals surface area contributed by atoms with E-state index in [1.54, 1.807) is 10.7 Å². The Balaban J connectivity index is 1.48. The van der Waals surface area contributed by atoms with E-state index in [1.165, 1.54) is 12.8 Å². The zero-order valence-corrected chi connectivity index (χ0v) is 16.8. The second kappa shape index (κ2) is 7.89. The number of nitrogens with zero attached hydrogens (tertiary/aromatic N) is 6. The molecule has 3 aromatic heterocycles. The van der Waals surface area contributed by atoms with Gasteiger partial charge in [-0.15, -0.1) is 0 Å². The number of aryl methyl sites for hydroxylation is 2. The van der Waals surface area contributed by atoms with E-state index < -0.39 is 6.10 Å². The average Bonchev–Trinajstić information content (AvgIpc) is 3.25. The van der Waals surface area contributed by atoms with Gasteiger partial charge >= 0.3 is 0 Å². The monoisotopic (exact) mass is 383 g/mol. The van der Waals surface area contributed by atoms with Crippen molar-refractivity contribution in [2.75, 3.05) is 31.5 Å². The first-order valence-electron chi connectivity index (χ1n) is 9.99. The van der Waals surface area contributed by atoms with E-state index in [0.29, 0.717) is 19.0 Å². The van der Waals surface area contributed by atoms with Crippen molar-refractivity contribution in [3.63, 3.8) is 0 Å². The van der Waals surface area contributed by atoms with Gasteiger partial charge in [0.15, 0.2) is 11.5 Å². The molecule has 1 fully saturated rings. The Morgan fingerprint density at radius 3 is 2.96 bits per heavy atom. The minimum atomic E-state index is -0.432. The van der Waals surface area contributed by atoms with Crippen LogP contribution in [0.1, 0.15) is 25.5 Å². The van der Waals surface area contributed by atoms with Gasteiger partial charge in [-0.3, -0.25) is 0 Å². The van der Waals surface area contributed by atoms with Crippen LogP contribution in [0.4, 0.5) is 5.82 Å². The number of imidazole rings is 1. The molecule has 8 nitrogen and oxygen atoms in total. The summed E-state index contributed by atoms with van der Waals surface area (Å²) < 4.78 is 3.72. The number of hydrogen-bond acceptors (Lipinski definition) is 6. The van der Waals surface area contributed by atoms with E-state index in [1.807, 2.05) is 36.9 Å². The van der Waals surface area contributed by atoms with E-state index in [9.17, 15) is 5.11 Å². The molecule has 28 heavy (non-hydrogen) atoms. The lowest BCUT2D eigenvalue weighted by atomic mass is 10.00. The fraction of sp³-hybridized carbons (Fsp3) is 0.550. The molecule has 4 rings (SSSR count). The normalized spacial score (nSPS) is 19.2. The molecule has 3 aromatic rings. The molecule has 0 amide bonds. The Kier molecular flexibility index (Phi) is 5.32. The van der Waals surface area contributed by atoms with Crippen molar-refractivity contribution in [1.29, 1.82) is 0 Å². The largest absolute Gasteiger partial charge is 0.390 e. The smallest absolute Gasteiger partial charge is 0.160 e. The summed E-state index contributed by atoms with van der Waals surface area (Å²) in [5, 5.41) is 18.6. The summed E-state index contributed by atoms with van der Waals surface area (Å²) in [6, 6.07) is 3.89. The van der Waals surface area contributed by atoms with Crippen LogP contribution in [0.2, 0.25) is 0 Å².